The van der Waals surface area contributed by atoms with E-state index in [-0.39, 0.29) is 0 Å². The van der Waals surface area contributed by atoms with Crippen LogP contribution in [0.1, 0.15) is 34.6 Å². The van der Waals surface area contributed by atoms with E-state index in [1.54, 1.807) is 0 Å². The van der Waals surface area contributed by atoms with Crippen LogP contribution in [0.4, 0.5) is 11.4 Å². The van der Waals surface area contributed by atoms with Crippen LogP contribution in [0.2, 0.25) is 0 Å². The van der Waals surface area contributed by atoms with Crippen molar-refractivity contribution < 1.29 is 0 Å². The Morgan fingerprint density at radius 1 is 1.11 bits per heavy atom. The van der Waals surface area contributed by atoms with Crippen molar-refractivity contribution in [3.05, 3.63) is 18.5 Å². The van der Waals surface area contributed by atoms with Gasteiger partial charge in [0.15, 0.2) is 0 Å². The second-order valence-electron chi connectivity index (χ2n) is 5.65. The molecule has 1 rings (SSSR count). The molecule has 0 unspecified atom stereocenters. The van der Waals surface area contributed by atoms with Gasteiger partial charge in [-0.3, -0.25) is 4.98 Å². The van der Waals surface area contributed by atoms with Crippen molar-refractivity contribution in [2.75, 3.05) is 29.9 Å². The molecule has 1 aromatic heterocycles. The molecule has 0 aliphatic rings. The molecule has 18 heavy (non-hydrogen) atoms. The van der Waals surface area contributed by atoms with E-state index in [0.29, 0.717) is 11.8 Å². The molecule has 0 bridgehead atoms. The van der Waals surface area contributed by atoms with Crippen LogP contribution in [-0.4, -0.2) is 24.6 Å². The van der Waals surface area contributed by atoms with Gasteiger partial charge in [-0.05, 0) is 24.8 Å². The molecule has 3 nitrogen and oxygen atoms in total. The summed E-state index contributed by atoms with van der Waals surface area (Å²) in [6, 6.07) is 2.20. The third-order valence-corrected chi connectivity index (χ3v) is 2.64. The van der Waals surface area contributed by atoms with Gasteiger partial charge < -0.3 is 10.2 Å². The zero-order valence-corrected chi connectivity index (χ0v) is 12.4. The molecule has 102 valence electrons. The Morgan fingerprint density at radius 3 is 2.22 bits per heavy atom. The van der Waals surface area contributed by atoms with Crippen molar-refractivity contribution >= 4 is 11.4 Å². The highest BCUT2D eigenvalue weighted by atomic mass is 15.1. The Morgan fingerprint density at radius 2 is 1.72 bits per heavy atom. The van der Waals surface area contributed by atoms with Crippen LogP contribution in [0, 0.1) is 11.8 Å². The summed E-state index contributed by atoms with van der Waals surface area (Å²) in [4.78, 5) is 6.77. The molecule has 0 spiro atoms. The predicted molar refractivity (Wildman–Crippen MR) is 80.3 cm³/mol. The predicted octanol–water partition coefficient (Wildman–Crippen LogP) is 3.63. The Bertz CT molecular complexity index is 337. The van der Waals surface area contributed by atoms with E-state index in [2.05, 4.69) is 55.9 Å². The average Bonchev–Trinajstić information content (AvgIpc) is 2.28. The number of pyridine rings is 1. The molecule has 0 aromatic carbocycles. The van der Waals surface area contributed by atoms with Gasteiger partial charge in [-0.15, -0.1) is 0 Å². The maximum absolute atomic E-state index is 4.33. The van der Waals surface area contributed by atoms with Crippen LogP contribution < -0.4 is 10.2 Å². The van der Waals surface area contributed by atoms with Gasteiger partial charge in [0, 0.05) is 19.6 Å². The molecule has 0 aliphatic carbocycles. The summed E-state index contributed by atoms with van der Waals surface area (Å²) in [6.07, 6.45) is 3.85. The van der Waals surface area contributed by atoms with Gasteiger partial charge in [-0.1, -0.05) is 27.7 Å². The summed E-state index contributed by atoms with van der Waals surface area (Å²) in [5, 5.41) is 3.32. The molecule has 0 atom stereocenters. The summed E-state index contributed by atoms with van der Waals surface area (Å²) in [5.41, 5.74) is 2.32. The molecule has 1 aromatic rings. The summed E-state index contributed by atoms with van der Waals surface area (Å²) in [5.74, 6) is 1.32. The largest absolute Gasteiger partial charge is 0.384 e. The lowest BCUT2D eigenvalue weighted by atomic mass is 10.1. The molecule has 1 N–H and O–H groups in total. The molecular formula is C15H27N3. The molecule has 0 saturated carbocycles. The van der Waals surface area contributed by atoms with Crippen molar-refractivity contribution in [2.45, 2.75) is 34.6 Å². The number of nitrogens with one attached hydrogen (secondary N) is 1. The molecular weight excluding hydrogens is 222 g/mol. The summed E-state index contributed by atoms with van der Waals surface area (Å²) in [6.45, 7) is 14.2. The number of nitrogens with zero attached hydrogens (tertiary/aromatic N) is 2. The van der Waals surface area contributed by atoms with Gasteiger partial charge >= 0.3 is 0 Å². The van der Waals surface area contributed by atoms with Crippen LogP contribution in [-0.2, 0) is 0 Å². The standard InChI is InChI=1S/C15H27N3/c1-6-17-14-7-15(9-16-8-14)18(10-12(2)3)11-13(4)5/h7-9,12-13,17H,6,10-11H2,1-5H3. The molecule has 3 heteroatoms. The number of anilines is 2. The van der Waals surface area contributed by atoms with Crippen molar-refractivity contribution in [1.29, 1.82) is 0 Å². The lowest BCUT2D eigenvalue weighted by Crippen LogP contribution is -2.31. The minimum absolute atomic E-state index is 0.659. The Kier molecular flexibility index (Phi) is 5.96. The van der Waals surface area contributed by atoms with Crippen LogP contribution in [0.25, 0.3) is 0 Å². The van der Waals surface area contributed by atoms with Crippen molar-refractivity contribution in [2.24, 2.45) is 11.8 Å². The first kappa shape index (κ1) is 14.8. The first-order chi connectivity index (χ1) is 8.52. The third-order valence-electron chi connectivity index (χ3n) is 2.64. The van der Waals surface area contributed by atoms with Gasteiger partial charge in [0.1, 0.15) is 0 Å². The van der Waals surface area contributed by atoms with E-state index in [0.717, 1.165) is 25.3 Å². The second kappa shape index (κ2) is 7.24. The summed E-state index contributed by atoms with van der Waals surface area (Å²) < 4.78 is 0. The van der Waals surface area contributed by atoms with Crippen LogP contribution in [0.3, 0.4) is 0 Å². The number of aromatic nitrogens is 1. The van der Waals surface area contributed by atoms with Crippen molar-refractivity contribution in [1.82, 2.24) is 4.98 Å². The van der Waals surface area contributed by atoms with Crippen LogP contribution in [0.5, 0.6) is 0 Å². The van der Waals surface area contributed by atoms with E-state index in [1.807, 2.05) is 12.4 Å². The van der Waals surface area contributed by atoms with E-state index < -0.39 is 0 Å². The van der Waals surface area contributed by atoms with Crippen LogP contribution in [0.15, 0.2) is 18.5 Å². The van der Waals surface area contributed by atoms with E-state index >= 15 is 0 Å². The molecule has 0 amide bonds. The minimum atomic E-state index is 0.659. The quantitative estimate of drug-likeness (QED) is 0.800. The average molecular weight is 249 g/mol. The fourth-order valence-corrected chi connectivity index (χ4v) is 2.07. The lowest BCUT2D eigenvalue weighted by molar-refractivity contribution is 0.552. The first-order valence-corrected chi connectivity index (χ1v) is 6.96. The number of hydrogen-bond donors (Lipinski definition) is 1. The summed E-state index contributed by atoms with van der Waals surface area (Å²) >= 11 is 0. The van der Waals surface area contributed by atoms with Crippen molar-refractivity contribution in [3.8, 4) is 0 Å². The van der Waals surface area contributed by atoms with Gasteiger partial charge in [-0.25, -0.2) is 0 Å². The Hall–Kier alpha value is -1.25. The maximum atomic E-state index is 4.33. The SMILES string of the molecule is CCNc1cncc(N(CC(C)C)CC(C)C)c1. The molecule has 0 saturated heterocycles. The first-order valence-electron chi connectivity index (χ1n) is 6.96. The highest BCUT2D eigenvalue weighted by Crippen LogP contribution is 2.20. The van der Waals surface area contributed by atoms with Gasteiger partial charge in [0.05, 0.1) is 23.8 Å². The smallest absolute Gasteiger partial charge is 0.0573 e. The van der Waals surface area contributed by atoms with E-state index in [9.17, 15) is 0 Å². The topological polar surface area (TPSA) is 28.2 Å². The van der Waals surface area contributed by atoms with Crippen molar-refractivity contribution in [3.63, 3.8) is 0 Å². The Labute approximate surface area is 112 Å². The molecule has 1 heterocycles. The second-order valence-corrected chi connectivity index (χ2v) is 5.65. The van der Waals surface area contributed by atoms with E-state index in [4.69, 9.17) is 0 Å². The molecule has 0 fully saturated rings. The summed E-state index contributed by atoms with van der Waals surface area (Å²) in [7, 11) is 0. The molecule has 0 aliphatic heterocycles. The minimum Gasteiger partial charge on any atom is -0.384 e. The fraction of sp³-hybridized carbons (Fsp3) is 0.667. The molecule has 0 radical (unpaired) electrons. The maximum Gasteiger partial charge on any atom is 0.0573 e. The number of hydrogen-bond acceptors (Lipinski definition) is 3. The van der Waals surface area contributed by atoms with Gasteiger partial charge in [0.25, 0.3) is 0 Å². The van der Waals surface area contributed by atoms with E-state index in [1.165, 1.54) is 5.69 Å². The Balaban J connectivity index is 2.85. The fourth-order valence-electron chi connectivity index (χ4n) is 2.07. The highest BCUT2D eigenvalue weighted by Gasteiger charge is 2.11. The highest BCUT2D eigenvalue weighted by molar-refractivity contribution is 5.55. The number of rotatable bonds is 7. The normalized spacial score (nSPS) is 11.1. The zero-order valence-electron chi connectivity index (χ0n) is 12.4. The third kappa shape index (κ3) is 4.94. The van der Waals surface area contributed by atoms with Crippen LogP contribution >= 0.6 is 0 Å². The zero-order chi connectivity index (χ0) is 13.5. The van der Waals surface area contributed by atoms with Gasteiger partial charge in [-0.2, -0.15) is 0 Å². The van der Waals surface area contributed by atoms with Gasteiger partial charge in [0.2, 0.25) is 0 Å². The monoisotopic (exact) mass is 249 g/mol. The lowest BCUT2D eigenvalue weighted by Gasteiger charge is -2.28.